The zero-order chi connectivity index (χ0) is 22.5. The standard InChI is InChI=1S/C24H24FN3O4/c25-20-7-3-5-18(13-20)15-26(16-19-6-4-8-21(14-19)28(30)31)17-22-9-10-23(32-22)24(29)27-11-1-2-12-27/h3-10,13-14H,1-2,11-12,15-17H2. The number of rotatable bonds is 8. The van der Waals surface area contributed by atoms with Gasteiger partial charge in [0.05, 0.1) is 11.5 Å². The maximum atomic E-state index is 13.7. The molecule has 0 radical (unpaired) electrons. The third-order valence-electron chi connectivity index (χ3n) is 5.47. The molecule has 0 aliphatic carbocycles. The van der Waals surface area contributed by atoms with Crippen LogP contribution < -0.4 is 0 Å². The fraction of sp³-hybridized carbons (Fsp3) is 0.292. The van der Waals surface area contributed by atoms with Gasteiger partial charge in [-0.25, -0.2) is 4.39 Å². The summed E-state index contributed by atoms with van der Waals surface area (Å²) in [6.45, 7) is 2.66. The van der Waals surface area contributed by atoms with Gasteiger partial charge in [-0.05, 0) is 48.2 Å². The van der Waals surface area contributed by atoms with Crippen molar-refractivity contribution in [2.45, 2.75) is 32.5 Å². The molecule has 0 bridgehead atoms. The largest absolute Gasteiger partial charge is 0.455 e. The summed E-state index contributed by atoms with van der Waals surface area (Å²) in [5.74, 6) is 0.482. The number of hydrogen-bond donors (Lipinski definition) is 0. The number of nitro groups is 1. The molecule has 0 unspecified atom stereocenters. The number of amides is 1. The van der Waals surface area contributed by atoms with Crippen molar-refractivity contribution in [1.82, 2.24) is 9.80 Å². The Morgan fingerprint density at radius 1 is 1.00 bits per heavy atom. The molecule has 0 atom stereocenters. The number of non-ortho nitro benzene ring substituents is 1. The monoisotopic (exact) mass is 437 g/mol. The molecule has 3 aromatic rings. The van der Waals surface area contributed by atoms with E-state index in [2.05, 4.69) is 0 Å². The van der Waals surface area contributed by atoms with E-state index in [-0.39, 0.29) is 17.4 Å². The van der Waals surface area contributed by atoms with Crippen molar-refractivity contribution in [1.29, 1.82) is 0 Å². The summed E-state index contributed by atoms with van der Waals surface area (Å²) in [7, 11) is 0. The highest BCUT2D eigenvalue weighted by molar-refractivity contribution is 5.91. The van der Waals surface area contributed by atoms with Gasteiger partial charge in [0.1, 0.15) is 11.6 Å². The summed E-state index contributed by atoms with van der Waals surface area (Å²) < 4.78 is 19.5. The Morgan fingerprint density at radius 3 is 2.38 bits per heavy atom. The number of nitrogens with zero attached hydrogens (tertiary/aromatic N) is 3. The van der Waals surface area contributed by atoms with E-state index < -0.39 is 4.92 Å². The van der Waals surface area contributed by atoms with Gasteiger partial charge in [-0.15, -0.1) is 0 Å². The SMILES string of the molecule is O=C(c1ccc(CN(Cc2cccc(F)c2)Cc2cccc([N+](=O)[O-])c2)o1)N1CCCC1. The van der Waals surface area contributed by atoms with E-state index in [9.17, 15) is 19.3 Å². The summed E-state index contributed by atoms with van der Waals surface area (Å²) in [5.41, 5.74) is 1.55. The summed E-state index contributed by atoms with van der Waals surface area (Å²) in [4.78, 5) is 27.1. The van der Waals surface area contributed by atoms with Crippen molar-refractivity contribution in [3.63, 3.8) is 0 Å². The third-order valence-corrected chi connectivity index (χ3v) is 5.47. The molecule has 4 rings (SSSR count). The molecule has 1 aliphatic heterocycles. The first-order chi connectivity index (χ1) is 15.5. The first-order valence-electron chi connectivity index (χ1n) is 10.6. The summed E-state index contributed by atoms with van der Waals surface area (Å²) in [5, 5.41) is 11.1. The summed E-state index contributed by atoms with van der Waals surface area (Å²) in [6.07, 6.45) is 2.01. The molecule has 166 valence electrons. The van der Waals surface area contributed by atoms with Crippen LogP contribution in [0.25, 0.3) is 0 Å². The fourth-order valence-corrected chi connectivity index (χ4v) is 3.96. The molecule has 1 aromatic heterocycles. The first-order valence-corrected chi connectivity index (χ1v) is 10.6. The fourth-order valence-electron chi connectivity index (χ4n) is 3.96. The number of halogens is 1. The lowest BCUT2D eigenvalue weighted by Gasteiger charge is -2.21. The van der Waals surface area contributed by atoms with E-state index in [1.54, 1.807) is 29.2 Å². The van der Waals surface area contributed by atoms with Gasteiger partial charge in [-0.2, -0.15) is 0 Å². The van der Waals surface area contributed by atoms with Gasteiger partial charge < -0.3 is 9.32 Å². The molecule has 0 N–H and O–H groups in total. The van der Waals surface area contributed by atoms with E-state index >= 15 is 0 Å². The van der Waals surface area contributed by atoms with Gasteiger partial charge in [0, 0.05) is 38.3 Å². The van der Waals surface area contributed by atoms with E-state index in [0.29, 0.717) is 31.2 Å². The number of benzene rings is 2. The Labute approximate surface area is 185 Å². The normalized spacial score (nSPS) is 13.6. The quantitative estimate of drug-likeness (QED) is 0.375. The second-order valence-electron chi connectivity index (χ2n) is 7.97. The number of nitro benzene ring substituents is 1. The van der Waals surface area contributed by atoms with Crippen molar-refractivity contribution in [2.75, 3.05) is 13.1 Å². The average molecular weight is 437 g/mol. The number of carbonyl (C=O) groups excluding carboxylic acids is 1. The number of furan rings is 1. The molecule has 7 nitrogen and oxygen atoms in total. The van der Waals surface area contributed by atoms with Gasteiger partial charge in [-0.3, -0.25) is 19.8 Å². The van der Waals surface area contributed by atoms with Gasteiger partial charge >= 0.3 is 0 Å². The van der Waals surface area contributed by atoms with Gasteiger partial charge in [0.15, 0.2) is 5.76 Å². The smallest absolute Gasteiger partial charge is 0.289 e. The lowest BCUT2D eigenvalue weighted by molar-refractivity contribution is -0.384. The van der Waals surface area contributed by atoms with Crippen molar-refractivity contribution in [3.8, 4) is 0 Å². The highest BCUT2D eigenvalue weighted by atomic mass is 19.1. The van der Waals surface area contributed by atoms with Crippen LogP contribution in [0.5, 0.6) is 0 Å². The van der Waals surface area contributed by atoms with Crippen molar-refractivity contribution in [2.24, 2.45) is 0 Å². The Morgan fingerprint density at radius 2 is 1.69 bits per heavy atom. The maximum Gasteiger partial charge on any atom is 0.289 e. The van der Waals surface area contributed by atoms with E-state index in [1.165, 1.54) is 24.3 Å². The third kappa shape index (κ3) is 5.39. The first kappa shape index (κ1) is 21.7. The molecule has 0 spiro atoms. The second kappa shape index (κ2) is 9.74. The van der Waals surface area contributed by atoms with Crippen molar-refractivity contribution >= 4 is 11.6 Å². The van der Waals surface area contributed by atoms with Crippen molar-refractivity contribution in [3.05, 3.63) is 99.2 Å². The van der Waals surface area contributed by atoms with E-state index in [0.717, 1.165) is 37.1 Å². The lowest BCUT2D eigenvalue weighted by Crippen LogP contribution is -2.27. The zero-order valence-corrected chi connectivity index (χ0v) is 17.6. The van der Waals surface area contributed by atoms with E-state index in [4.69, 9.17) is 4.42 Å². The minimum absolute atomic E-state index is 0.0182. The Kier molecular flexibility index (Phi) is 6.61. The highest BCUT2D eigenvalue weighted by Gasteiger charge is 2.23. The predicted octanol–water partition coefficient (Wildman–Crippen LogP) is 4.77. The Balaban J connectivity index is 1.53. The maximum absolute atomic E-state index is 13.7. The number of likely N-dealkylation sites (tertiary alicyclic amines) is 1. The molecule has 1 amide bonds. The molecule has 2 aromatic carbocycles. The van der Waals surface area contributed by atoms with E-state index in [1.807, 2.05) is 17.0 Å². The van der Waals surface area contributed by atoms with Crippen LogP contribution in [-0.2, 0) is 19.6 Å². The molecule has 1 aliphatic rings. The Hall–Kier alpha value is -3.52. The molecule has 1 saturated heterocycles. The molecule has 0 saturated carbocycles. The van der Waals surface area contributed by atoms with Crippen LogP contribution in [0.2, 0.25) is 0 Å². The van der Waals surface area contributed by atoms with Gasteiger partial charge in [0.2, 0.25) is 0 Å². The molecular formula is C24H24FN3O4. The minimum Gasteiger partial charge on any atom is -0.455 e. The van der Waals surface area contributed by atoms with Crippen LogP contribution in [0, 0.1) is 15.9 Å². The minimum atomic E-state index is -0.427. The van der Waals surface area contributed by atoms with Gasteiger partial charge in [0.25, 0.3) is 11.6 Å². The molecular weight excluding hydrogens is 413 g/mol. The van der Waals surface area contributed by atoms with Crippen LogP contribution in [0.15, 0.2) is 65.1 Å². The zero-order valence-electron chi connectivity index (χ0n) is 17.6. The van der Waals surface area contributed by atoms with Crippen LogP contribution in [0.4, 0.5) is 10.1 Å². The van der Waals surface area contributed by atoms with Crippen LogP contribution in [0.1, 0.15) is 40.3 Å². The molecule has 1 fully saturated rings. The van der Waals surface area contributed by atoms with Crippen molar-refractivity contribution < 1.29 is 18.5 Å². The predicted molar refractivity (Wildman–Crippen MR) is 116 cm³/mol. The van der Waals surface area contributed by atoms with Crippen LogP contribution in [0.3, 0.4) is 0 Å². The topological polar surface area (TPSA) is 79.8 Å². The second-order valence-corrected chi connectivity index (χ2v) is 7.97. The lowest BCUT2D eigenvalue weighted by atomic mass is 10.1. The number of hydrogen-bond acceptors (Lipinski definition) is 5. The Bertz CT molecular complexity index is 1110. The summed E-state index contributed by atoms with van der Waals surface area (Å²) >= 11 is 0. The average Bonchev–Trinajstić information content (AvgIpc) is 3.46. The highest BCUT2D eigenvalue weighted by Crippen LogP contribution is 2.21. The number of carbonyl (C=O) groups is 1. The molecule has 32 heavy (non-hydrogen) atoms. The van der Waals surface area contributed by atoms with Crippen LogP contribution in [-0.4, -0.2) is 33.7 Å². The molecule has 8 heteroatoms. The summed E-state index contributed by atoms with van der Waals surface area (Å²) in [6, 6.07) is 16.2. The van der Waals surface area contributed by atoms with Gasteiger partial charge in [-0.1, -0.05) is 24.3 Å². The molecule has 2 heterocycles. The van der Waals surface area contributed by atoms with Crippen LogP contribution >= 0.6 is 0 Å².